The molecule has 0 amide bonds. The molecule has 0 radical (unpaired) electrons. The minimum Gasteiger partial charge on any atom is -0.428 e. The summed E-state index contributed by atoms with van der Waals surface area (Å²) in [6.07, 6.45) is 1.42. The maximum atomic E-state index is 10.5. The highest BCUT2D eigenvalue weighted by molar-refractivity contribution is 6.27. The first-order valence-electron chi connectivity index (χ1n) is 4.03. The van der Waals surface area contributed by atoms with Crippen molar-refractivity contribution < 1.29 is 9.34 Å². The molecular formula is C9H5ClN2O3. The monoisotopic (exact) mass is 224 g/mol. The van der Waals surface area contributed by atoms with Crippen molar-refractivity contribution in [2.75, 3.05) is 0 Å². The van der Waals surface area contributed by atoms with Gasteiger partial charge in [-0.25, -0.2) is 4.98 Å². The van der Waals surface area contributed by atoms with Crippen LogP contribution in [0.5, 0.6) is 0 Å². The molecule has 76 valence electrons. The smallest absolute Gasteiger partial charge is 0.292 e. The standard InChI is InChI=1S/C9H5ClN2O3/c10-9-11-5-8(15-9)6-2-1-3-7(4-6)12(13)14/h1-5H. The number of oxazole rings is 1. The number of nitro groups is 1. The number of hydrogen-bond donors (Lipinski definition) is 0. The summed E-state index contributed by atoms with van der Waals surface area (Å²) in [5.74, 6) is 0.406. The molecule has 5 nitrogen and oxygen atoms in total. The van der Waals surface area contributed by atoms with Gasteiger partial charge in [-0.2, -0.15) is 0 Å². The molecule has 0 bridgehead atoms. The first-order valence-corrected chi connectivity index (χ1v) is 4.41. The maximum Gasteiger partial charge on any atom is 0.292 e. The van der Waals surface area contributed by atoms with Gasteiger partial charge in [0.1, 0.15) is 0 Å². The van der Waals surface area contributed by atoms with Crippen LogP contribution in [0.3, 0.4) is 0 Å². The average molecular weight is 225 g/mol. The minimum atomic E-state index is -0.471. The second kappa shape index (κ2) is 3.70. The number of rotatable bonds is 2. The minimum absolute atomic E-state index is 0.0000208. The molecule has 15 heavy (non-hydrogen) atoms. The van der Waals surface area contributed by atoms with Crippen molar-refractivity contribution >= 4 is 17.3 Å². The summed E-state index contributed by atoms with van der Waals surface area (Å²) in [6.45, 7) is 0. The summed E-state index contributed by atoms with van der Waals surface area (Å²) in [7, 11) is 0. The van der Waals surface area contributed by atoms with E-state index in [0.29, 0.717) is 11.3 Å². The van der Waals surface area contributed by atoms with Crippen LogP contribution in [0.15, 0.2) is 34.9 Å². The third kappa shape index (κ3) is 1.97. The molecule has 0 saturated heterocycles. The van der Waals surface area contributed by atoms with Crippen LogP contribution in [0, 0.1) is 10.1 Å². The summed E-state index contributed by atoms with van der Waals surface area (Å²) in [4.78, 5) is 13.7. The Balaban J connectivity index is 2.45. The molecule has 0 aliphatic carbocycles. The quantitative estimate of drug-likeness (QED) is 0.581. The van der Waals surface area contributed by atoms with Crippen LogP contribution in [0.2, 0.25) is 5.35 Å². The third-order valence-electron chi connectivity index (χ3n) is 1.82. The zero-order chi connectivity index (χ0) is 10.8. The SMILES string of the molecule is O=[N+]([O-])c1cccc(-c2cnc(Cl)o2)c1. The van der Waals surface area contributed by atoms with Crippen LogP contribution in [-0.4, -0.2) is 9.91 Å². The second-order valence-corrected chi connectivity index (χ2v) is 3.11. The van der Waals surface area contributed by atoms with Crippen molar-refractivity contribution in [3.8, 4) is 11.3 Å². The van der Waals surface area contributed by atoms with Crippen molar-refractivity contribution in [2.45, 2.75) is 0 Å². The lowest BCUT2D eigenvalue weighted by atomic mass is 10.2. The van der Waals surface area contributed by atoms with E-state index >= 15 is 0 Å². The van der Waals surface area contributed by atoms with E-state index in [1.54, 1.807) is 12.1 Å². The number of halogens is 1. The fourth-order valence-electron chi connectivity index (χ4n) is 1.16. The zero-order valence-corrected chi connectivity index (χ0v) is 8.14. The molecule has 0 saturated carbocycles. The molecule has 0 aliphatic heterocycles. The van der Waals surface area contributed by atoms with Crippen molar-refractivity contribution in [3.63, 3.8) is 0 Å². The van der Waals surface area contributed by atoms with Crippen molar-refractivity contribution in [2.24, 2.45) is 0 Å². The molecule has 6 heteroatoms. The van der Waals surface area contributed by atoms with Crippen LogP contribution in [0.25, 0.3) is 11.3 Å². The van der Waals surface area contributed by atoms with Crippen molar-refractivity contribution in [3.05, 3.63) is 45.9 Å². The Hall–Kier alpha value is -1.88. The van der Waals surface area contributed by atoms with Gasteiger partial charge in [0.25, 0.3) is 11.0 Å². The van der Waals surface area contributed by atoms with E-state index < -0.39 is 4.92 Å². The third-order valence-corrected chi connectivity index (χ3v) is 1.99. The average Bonchev–Trinajstić information content (AvgIpc) is 2.65. The number of benzene rings is 1. The number of nitro benzene ring substituents is 1. The number of nitrogens with zero attached hydrogens (tertiary/aromatic N) is 2. The molecule has 0 N–H and O–H groups in total. The van der Waals surface area contributed by atoms with Crippen molar-refractivity contribution in [1.29, 1.82) is 0 Å². The van der Waals surface area contributed by atoms with Crippen LogP contribution >= 0.6 is 11.6 Å². The van der Waals surface area contributed by atoms with Gasteiger partial charge < -0.3 is 4.42 Å². The summed E-state index contributed by atoms with van der Waals surface area (Å²) < 4.78 is 5.04. The lowest BCUT2D eigenvalue weighted by Gasteiger charge is -1.95. The topological polar surface area (TPSA) is 69.2 Å². The van der Waals surface area contributed by atoms with Gasteiger partial charge in [0.2, 0.25) is 0 Å². The normalized spacial score (nSPS) is 10.2. The summed E-state index contributed by atoms with van der Waals surface area (Å²) in [5.41, 5.74) is 0.573. The van der Waals surface area contributed by atoms with E-state index in [9.17, 15) is 10.1 Å². The number of non-ortho nitro benzene ring substituents is 1. The Morgan fingerprint density at radius 3 is 2.87 bits per heavy atom. The largest absolute Gasteiger partial charge is 0.428 e. The Kier molecular flexibility index (Phi) is 2.39. The zero-order valence-electron chi connectivity index (χ0n) is 7.38. The van der Waals surface area contributed by atoms with Gasteiger partial charge >= 0.3 is 0 Å². The fraction of sp³-hybridized carbons (Fsp3) is 0. The Bertz CT molecular complexity index is 510. The van der Waals surface area contributed by atoms with Gasteiger partial charge in [-0.1, -0.05) is 12.1 Å². The molecule has 0 spiro atoms. The fourth-order valence-corrected chi connectivity index (χ4v) is 1.29. The number of hydrogen-bond acceptors (Lipinski definition) is 4. The molecule has 2 aromatic rings. The van der Waals surface area contributed by atoms with Gasteiger partial charge in [-0.15, -0.1) is 0 Å². The summed E-state index contributed by atoms with van der Waals surface area (Å²) in [5, 5.41) is 10.5. The molecule has 0 unspecified atom stereocenters. The first-order chi connectivity index (χ1) is 7.16. The lowest BCUT2D eigenvalue weighted by Crippen LogP contribution is -1.87. The molecule has 1 aromatic heterocycles. The highest BCUT2D eigenvalue weighted by Gasteiger charge is 2.09. The van der Waals surface area contributed by atoms with Gasteiger partial charge in [-0.3, -0.25) is 10.1 Å². The van der Waals surface area contributed by atoms with Crippen LogP contribution < -0.4 is 0 Å². The number of aromatic nitrogens is 1. The second-order valence-electron chi connectivity index (χ2n) is 2.78. The molecule has 0 aliphatic rings. The molecule has 2 rings (SSSR count). The lowest BCUT2D eigenvalue weighted by molar-refractivity contribution is -0.384. The van der Waals surface area contributed by atoms with E-state index in [2.05, 4.69) is 4.98 Å². The summed E-state index contributed by atoms with van der Waals surface area (Å²) in [6, 6.07) is 6.06. The molecule has 0 atom stereocenters. The Morgan fingerprint density at radius 1 is 1.47 bits per heavy atom. The van der Waals surface area contributed by atoms with Crippen LogP contribution in [0.4, 0.5) is 5.69 Å². The Labute approximate surface area is 89.5 Å². The van der Waals surface area contributed by atoms with E-state index in [1.165, 1.54) is 18.3 Å². The van der Waals surface area contributed by atoms with E-state index in [1.807, 2.05) is 0 Å². The predicted molar refractivity (Wildman–Crippen MR) is 53.6 cm³/mol. The molecular weight excluding hydrogens is 220 g/mol. The van der Waals surface area contributed by atoms with E-state index in [-0.39, 0.29) is 11.0 Å². The van der Waals surface area contributed by atoms with Crippen molar-refractivity contribution in [1.82, 2.24) is 4.98 Å². The predicted octanol–water partition coefficient (Wildman–Crippen LogP) is 2.90. The van der Waals surface area contributed by atoms with Gasteiger partial charge in [-0.05, 0) is 11.6 Å². The van der Waals surface area contributed by atoms with Gasteiger partial charge in [0.05, 0.1) is 11.1 Å². The van der Waals surface area contributed by atoms with Gasteiger partial charge in [0.15, 0.2) is 5.76 Å². The first kappa shape index (κ1) is 9.67. The van der Waals surface area contributed by atoms with Gasteiger partial charge in [0, 0.05) is 17.7 Å². The maximum absolute atomic E-state index is 10.5. The highest BCUT2D eigenvalue weighted by Crippen LogP contribution is 2.25. The Morgan fingerprint density at radius 2 is 2.27 bits per heavy atom. The van der Waals surface area contributed by atoms with Crippen LogP contribution in [0.1, 0.15) is 0 Å². The summed E-state index contributed by atoms with van der Waals surface area (Å²) >= 11 is 5.50. The molecule has 0 fully saturated rings. The van der Waals surface area contributed by atoms with E-state index in [0.717, 1.165) is 0 Å². The molecule has 1 heterocycles. The van der Waals surface area contributed by atoms with Crippen LogP contribution in [-0.2, 0) is 0 Å². The highest BCUT2D eigenvalue weighted by atomic mass is 35.5. The molecule has 1 aromatic carbocycles. The van der Waals surface area contributed by atoms with E-state index in [4.69, 9.17) is 16.0 Å².